The van der Waals surface area contributed by atoms with Gasteiger partial charge in [0.15, 0.2) is 0 Å². The quantitative estimate of drug-likeness (QED) is 0.822. The SMILES string of the molecule is CCC(C)c1nc(C)c(CCN)c(C)n1. The number of hydrogen-bond donors (Lipinski definition) is 1. The van der Waals surface area contributed by atoms with Crippen molar-refractivity contribution in [3.05, 3.63) is 22.8 Å². The Kier molecular flexibility index (Phi) is 4.21. The monoisotopic (exact) mass is 207 g/mol. The van der Waals surface area contributed by atoms with Gasteiger partial charge in [-0.1, -0.05) is 13.8 Å². The highest BCUT2D eigenvalue weighted by Crippen LogP contribution is 2.18. The number of aryl methyl sites for hydroxylation is 2. The minimum Gasteiger partial charge on any atom is -0.330 e. The number of nitrogens with two attached hydrogens (primary N) is 1. The van der Waals surface area contributed by atoms with E-state index >= 15 is 0 Å². The highest BCUT2D eigenvalue weighted by Gasteiger charge is 2.11. The van der Waals surface area contributed by atoms with Crippen LogP contribution in [0.25, 0.3) is 0 Å². The number of hydrogen-bond acceptors (Lipinski definition) is 3. The Bertz CT molecular complexity index is 311. The van der Waals surface area contributed by atoms with Crippen LogP contribution in [-0.2, 0) is 6.42 Å². The summed E-state index contributed by atoms with van der Waals surface area (Å²) in [5, 5.41) is 0. The zero-order valence-corrected chi connectivity index (χ0v) is 10.2. The molecule has 1 heterocycles. The van der Waals surface area contributed by atoms with Gasteiger partial charge in [0.1, 0.15) is 5.82 Å². The molecule has 0 fully saturated rings. The summed E-state index contributed by atoms with van der Waals surface area (Å²) in [6.45, 7) is 9.08. The molecule has 0 radical (unpaired) electrons. The Morgan fingerprint density at radius 3 is 2.13 bits per heavy atom. The molecular weight excluding hydrogens is 186 g/mol. The predicted molar refractivity (Wildman–Crippen MR) is 63.0 cm³/mol. The van der Waals surface area contributed by atoms with Gasteiger partial charge in [-0.3, -0.25) is 0 Å². The summed E-state index contributed by atoms with van der Waals surface area (Å²) in [7, 11) is 0. The zero-order chi connectivity index (χ0) is 11.4. The van der Waals surface area contributed by atoms with E-state index in [1.54, 1.807) is 0 Å². The lowest BCUT2D eigenvalue weighted by Crippen LogP contribution is -2.11. The van der Waals surface area contributed by atoms with Gasteiger partial charge in [0.05, 0.1) is 0 Å². The van der Waals surface area contributed by atoms with Crippen molar-refractivity contribution in [3.63, 3.8) is 0 Å². The lowest BCUT2D eigenvalue weighted by Gasteiger charge is -2.13. The molecule has 1 aromatic heterocycles. The van der Waals surface area contributed by atoms with Crippen LogP contribution in [0.5, 0.6) is 0 Å². The van der Waals surface area contributed by atoms with Crippen LogP contribution in [0, 0.1) is 13.8 Å². The molecule has 0 aliphatic rings. The molecule has 0 saturated carbocycles. The minimum atomic E-state index is 0.439. The standard InChI is InChI=1S/C12H21N3/c1-5-8(2)12-14-9(3)11(6-7-13)10(4)15-12/h8H,5-7,13H2,1-4H3. The maximum Gasteiger partial charge on any atom is 0.131 e. The van der Waals surface area contributed by atoms with Crippen LogP contribution >= 0.6 is 0 Å². The van der Waals surface area contributed by atoms with E-state index in [4.69, 9.17) is 5.73 Å². The van der Waals surface area contributed by atoms with Gasteiger partial charge in [0.2, 0.25) is 0 Å². The molecule has 1 atom stereocenters. The van der Waals surface area contributed by atoms with E-state index in [-0.39, 0.29) is 0 Å². The van der Waals surface area contributed by atoms with Gasteiger partial charge in [0.25, 0.3) is 0 Å². The predicted octanol–water partition coefficient (Wildman–Crippen LogP) is 2.11. The van der Waals surface area contributed by atoms with E-state index in [9.17, 15) is 0 Å². The fraction of sp³-hybridized carbons (Fsp3) is 0.667. The maximum atomic E-state index is 5.57. The molecule has 84 valence electrons. The van der Waals surface area contributed by atoms with Gasteiger partial charge >= 0.3 is 0 Å². The molecule has 0 spiro atoms. The number of nitrogens with zero attached hydrogens (tertiary/aromatic N) is 2. The first kappa shape index (κ1) is 12.1. The lowest BCUT2D eigenvalue weighted by atomic mass is 10.1. The smallest absolute Gasteiger partial charge is 0.131 e. The first-order valence-electron chi connectivity index (χ1n) is 5.64. The molecular formula is C12H21N3. The highest BCUT2D eigenvalue weighted by atomic mass is 14.9. The Morgan fingerprint density at radius 1 is 1.20 bits per heavy atom. The van der Waals surface area contributed by atoms with E-state index in [2.05, 4.69) is 23.8 Å². The van der Waals surface area contributed by atoms with E-state index in [1.807, 2.05) is 13.8 Å². The van der Waals surface area contributed by atoms with Crippen molar-refractivity contribution in [2.24, 2.45) is 5.73 Å². The van der Waals surface area contributed by atoms with Crippen LogP contribution in [0.1, 0.15) is 49.0 Å². The van der Waals surface area contributed by atoms with E-state index in [0.717, 1.165) is 30.1 Å². The largest absolute Gasteiger partial charge is 0.330 e. The average molecular weight is 207 g/mol. The topological polar surface area (TPSA) is 51.8 Å². The van der Waals surface area contributed by atoms with Crippen LogP contribution in [-0.4, -0.2) is 16.5 Å². The molecule has 0 bridgehead atoms. The average Bonchev–Trinajstić information content (AvgIpc) is 2.22. The lowest BCUT2D eigenvalue weighted by molar-refractivity contribution is 0.665. The highest BCUT2D eigenvalue weighted by molar-refractivity contribution is 5.25. The first-order chi connectivity index (χ1) is 7.10. The molecule has 1 rings (SSSR count). The van der Waals surface area contributed by atoms with Crippen LogP contribution in [0.2, 0.25) is 0 Å². The molecule has 2 N–H and O–H groups in total. The number of aromatic nitrogens is 2. The van der Waals surface area contributed by atoms with Crippen molar-refractivity contribution in [3.8, 4) is 0 Å². The third-order valence-corrected chi connectivity index (χ3v) is 2.89. The van der Waals surface area contributed by atoms with Crippen molar-refractivity contribution in [1.29, 1.82) is 0 Å². The molecule has 0 aliphatic carbocycles. The van der Waals surface area contributed by atoms with E-state index in [1.165, 1.54) is 5.56 Å². The second kappa shape index (κ2) is 5.21. The zero-order valence-electron chi connectivity index (χ0n) is 10.2. The summed E-state index contributed by atoms with van der Waals surface area (Å²) in [5.74, 6) is 1.41. The molecule has 3 nitrogen and oxygen atoms in total. The van der Waals surface area contributed by atoms with Crippen molar-refractivity contribution >= 4 is 0 Å². The van der Waals surface area contributed by atoms with Crippen LogP contribution in [0.3, 0.4) is 0 Å². The van der Waals surface area contributed by atoms with Crippen molar-refractivity contribution < 1.29 is 0 Å². The summed E-state index contributed by atoms with van der Waals surface area (Å²) < 4.78 is 0. The molecule has 0 amide bonds. The molecule has 0 saturated heterocycles. The summed E-state index contributed by atoms with van der Waals surface area (Å²) in [5.41, 5.74) is 8.95. The van der Waals surface area contributed by atoms with Crippen LogP contribution in [0.4, 0.5) is 0 Å². The van der Waals surface area contributed by atoms with Crippen LogP contribution in [0.15, 0.2) is 0 Å². The van der Waals surface area contributed by atoms with Gasteiger partial charge < -0.3 is 5.73 Å². The summed E-state index contributed by atoms with van der Waals surface area (Å²) in [4.78, 5) is 9.11. The molecule has 15 heavy (non-hydrogen) atoms. The van der Waals surface area contributed by atoms with Gasteiger partial charge in [0, 0.05) is 17.3 Å². The third-order valence-electron chi connectivity index (χ3n) is 2.89. The van der Waals surface area contributed by atoms with Gasteiger partial charge in [-0.15, -0.1) is 0 Å². The van der Waals surface area contributed by atoms with Crippen molar-refractivity contribution in [1.82, 2.24) is 9.97 Å². The molecule has 1 unspecified atom stereocenters. The maximum absolute atomic E-state index is 5.57. The Balaban J connectivity index is 3.07. The van der Waals surface area contributed by atoms with E-state index in [0.29, 0.717) is 12.5 Å². The second-order valence-electron chi connectivity index (χ2n) is 4.08. The Hall–Kier alpha value is -0.960. The number of rotatable bonds is 4. The second-order valence-corrected chi connectivity index (χ2v) is 4.08. The van der Waals surface area contributed by atoms with Gasteiger partial charge in [-0.2, -0.15) is 0 Å². The fourth-order valence-electron chi connectivity index (χ4n) is 1.67. The van der Waals surface area contributed by atoms with Gasteiger partial charge in [-0.25, -0.2) is 9.97 Å². The minimum absolute atomic E-state index is 0.439. The normalized spacial score (nSPS) is 12.9. The van der Waals surface area contributed by atoms with Gasteiger partial charge in [-0.05, 0) is 38.8 Å². The summed E-state index contributed by atoms with van der Waals surface area (Å²) >= 11 is 0. The van der Waals surface area contributed by atoms with E-state index < -0.39 is 0 Å². The summed E-state index contributed by atoms with van der Waals surface area (Å²) in [6, 6.07) is 0. The molecule has 3 heteroatoms. The first-order valence-corrected chi connectivity index (χ1v) is 5.64. The van der Waals surface area contributed by atoms with Crippen LogP contribution < -0.4 is 5.73 Å². The Morgan fingerprint density at radius 2 is 1.73 bits per heavy atom. The summed E-state index contributed by atoms with van der Waals surface area (Å²) in [6.07, 6.45) is 1.95. The van der Waals surface area contributed by atoms with Crippen molar-refractivity contribution in [2.75, 3.05) is 6.54 Å². The molecule has 1 aromatic rings. The fourth-order valence-corrected chi connectivity index (χ4v) is 1.67. The Labute approximate surface area is 92.1 Å². The molecule has 0 aromatic carbocycles. The van der Waals surface area contributed by atoms with Crippen molar-refractivity contribution in [2.45, 2.75) is 46.5 Å². The third kappa shape index (κ3) is 2.75. The molecule has 0 aliphatic heterocycles.